The van der Waals surface area contributed by atoms with Gasteiger partial charge in [-0.15, -0.1) is 0 Å². The Bertz CT molecular complexity index is 927. The van der Waals surface area contributed by atoms with E-state index in [1.807, 2.05) is 0 Å². The number of carbonyl (C=O) groups excluding carboxylic acids is 1. The van der Waals surface area contributed by atoms with Crippen LogP contribution in [-0.4, -0.2) is 17.7 Å². The van der Waals surface area contributed by atoms with Crippen LogP contribution in [0.15, 0.2) is 47.7 Å². The van der Waals surface area contributed by atoms with Gasteiger partial charge in [-0.3, -0.25) is 9.69 Å². The van der Waals surface area contributed by atoms with Crippen molar-refractivity contribution in [3.05, 3.63) is 64.9 Å². The van der Waals surface area contributed by atoms with Gasteiger partial charge in [0.25, 0.3) is 5.91 Å². The number of hydrogen-bond acceptors (Lipinski definition) is 4. The SMILES string of the molecule is CC1=C(O)C(=O)N(c2ccc3c(c2)NCN3)C1c1cccc(F)c1F. The second kappa shape index (κ2) is 5.47. The second-order valence-corrected chi connectivity index (χ2v) is 6.01. The van der Waals surface area contributed by atoms with Crippen molar-refractivity contribution in [3.63, 3.8) is 0 Å². The van der Waals surface area contributed by atoms with Gasteiger partial charge >= 0.3 is 0 Å². The van der Waals surface area contributed by atoms with Crippen LogP contribution < -0.4 is 15.5 Å². The maximum atomic E-state index is 14.4. The predicted octanol–water partition coefficient (Wildman–Crippen LogP) is 3.68. The van der Waals surface area contributed by atoms with Crippen molar-refractivity contribution in [3.8, 4) is 0 Å². The maximum Gasteiger partial charge on any atom is 0.293 e. The fraction of sp³-hybridized carbons (Fsp3) is 0.167. The molecule has 0 bridgehead atoms. The third-order valence-corrected chi connectivity index (χ3v) is 4.58. The molecular formula is C18H15F2N3O2. The molecule has 7 heteroatoms. The van der Waals surface area contributed by atoms with Crippen molar-refractivity contribution >= 4 is 23.0 Å². The number of nitrogens with zero attached hydrogens (tertiary/aromatic N) is 1. The van der Waals surface area contributed by atoms with Gasteiger partial charge in [0.15, 0.2) is 17.4 Å². The molecule has 0 aliphatic carbocycles. The summed E-state index contributed by atoms with van der Waals surface area (Å²) in [7, 11) is 0. The van der Waals surface area contributed by atoms with E-state index in [0.717, 1.165) is 17.4 Å². The molecule has 2 heterocycles. The summed E-state index contributed by atoms with van der Waals surface area (Å²) in [6.07, 6.45) is 0. The molecule has 0 fully saturated rings. The van der Waals surface area contributed by atoms with E-state index in [1.54, 1.807) is 18.2 Å². The topological polar surface area (TPSA) is 64.6 Å². The molecule has 0 radical (unpaired) electrons. The van der Waals surface area contributed by atoms with E-state index >= 15 is 0 Å². The molecule has 2 aliphatic heterocycles. The Labute approximate surface area is 142 Å². The van der Waals surface area contributed by atoms with E-state index in [0.29, 0.717) is 12.4 Å². The highest BCUT2D eigenvalue weighted by atomic mass is 19.2. The van der Waals surface area contributed by atoms with Crippen LogP contribution in [0.3, 0.4) is 0 Å². The first kappa shape index (κ1) is 15.4. The molecule has 1 atom stereocenters. The Kier molecular flexibility index (Phi) is 3.38. The summed E-state index contributed by atoms with van der Waals surface area (Å²) in [5.74, 6) is -3.11. The molecule has 2 aliphatic rings. The van der Waals surface area contributed by atoms with E-state index in [1.165, 1.54) is 24.0 Å². The first-order valence-electron chi connectivity index (χ1n) is 7.78. The molecular weight excluding hydrogens is 328 g/mol. The zero-order valence-electron chi connectivity index (χ0n) is 13.3. The minimum absolute atomic E-state index is 0.00137. The summed E-state index contributed by atoms with van der Waals surface area (Å²) >= 11 is 0. The average molecular weight is 343 g/mol. The molecule has 2 aromatic carbocycles. The van der Waals surface area contributed by atoms with Crippen molar-refractivity contribution in [2.24, 2.45) is 0 Å². The molecule has 0 saturated carbocycles. The number of aliphatic hydroxyl groups is 1. The van der Waals surface area contributed by atoms with E-state index in [2.05, 4.69) is 10.6 Å². The van der Waals surface area contributed by atoms with Crippen molar-refractivity contribution in [2.75, 3.05) is 22.2 Å². The van der Waals surface area contributed by atoms with E-state index in [9.17, 15) is 18.7 Å². The quantitative estimate of drug-likeness (QED) is 0.778. The van der Waals surface area contributed by atoms with Crippen LogP contribution in [0.5, 0.6) is 0 Å². The fourth-order valence-electron chi connectivity index (χ4n) is 3.31. The zero-order valence-corrected chi connectivity index (χ0v) is 13.3. The van der Waals surface area contributed by atoms with Crippen LogP contribution in [-0.2, 0) is 4.79 Å². The Hall–Kier alpha value is -3.09. The van der Waals surface area contributed by atoms with E-state index in [4.69, 9.17) is 0 Å². The van der Waals surface area contributed by atoms with Crippen LogP contribution in [0.4, 0.5) is 25.8 Å². The van der Waals surface area contributed by atoms with E-state index in [-0.39, 0.29) is 11.1 Å². The van der Waals surface area contributed by atoms with Crippen LogP contribution in [0, 0.1) is 11.6 Å². The average Bonchev–Trinajstić information content (AvgIpc) is 3.15. The number of fused-ring (bicyclic) bond motifs is 1. The number of anilines is 3. The summed E-state index contributed by atoms with van der Waals surface area (Å²) in [5, 5.41) is 16.4. The summed E-state index contributed by atoms with van der Waals surface area (Å²) < 4.78 is 28.0. The minimum Gasteiger partial charge on any atom is -0.503 e. The normalized spacial score (nSPS) is 19.1. The number of hydrogen-bond donors (Lipinski definition) is 3. The third kappa shape index (κ3) is 2.23. The smallest absolute Gasteiger partial charge is 0.293 e. The number of carbonyl (C=O) groups is 1. The molecule has 1 amide bonds. The Balaban J connectivity index is 1.85. The Morgan fingerprint density at radius 3 is 2.72 bits per heavy atom. The lowest BCUT2D eigenvalue weighted by atomic mass is 9.99. The van der Waals surface area contributed by atoms with Gasteiger partial charge in [0, 0.05) is 16.8 Å². The summed E-state index contributed by atoms with van der Waals surface area (Å²) in [6, 6.07) is 8.14. The molecule has 25 heavy (non-hydrogen) atoms. The minimum atomic E-state index is -1.03. The van der Waals surface area contributed by atoms with Crippen molar-refractivity contribution in [1.29, 1.82) is 0 Å². The molecule has 4 rings (SSSR count). The first-order valence-corrected chi connectivity index (χ1v) is 7.78. The molecule has 1 unspecified atom stereocenters. The van der Waals surface area contributed by atoms with Crippen LogP contribution in [0.25, 0.3) is 0 Å². The zero-order chi connectivity index (χ0) is 17.7. The van der Waals surface area contributed by atoms with Gasteiger partial charge in [-0.25, -0.2) is 8.78 Å². The monoisotopic (exact) mass is 343 g/mol. The van der Waals surface area contributed by atoms with Gasteiger partial charge < -0.3 is 15.7 Å². The standard InChI is InChI=1S/C18H15F2N3O2/c1-9-16(11-3-2-4-12(19)15(11)20)23(18(25)17(9)24)10-5-6-13-14(7-10)22-8-21-13/h2-7,16,21-22,24H,8H2,1H3. The van der Waals surface area contributed by atoms with Crippen molar-refractivity contribution in [2.45, 2.75) is 13.0 Å². The summed E-state index contributed by atoms with van der Waals surface area (Å²) in [4.78, 5) is 13.8. The maximum absolute atomic E-state index is 14.4. The Morgan fingerprint density at radius 2 is 1.92 bits per heavy atom. The lowest BCUT2D eigenvalue weighted by molar-refractivity contribution is -0.117. The lowest BCUT2D eigenvalue weighted by Gasteiger charge is -2.27. The fourth-order valence-corrected chi connectivity index (χ4v) is 3.31. The molecule has 0 saturated heterocycles. The number of aliphatic hydroxyl groups excluding tert-OH is 1. The van der Waals surface area contributed by atoms with Crippen molar-refractivity contribution in [1.82, 2.24) is 0 Å². The highest BCUT2D eigenvalue weighted by Gasteiger charge is 2.41. The lowest BCUT2D eigenvalue weighted by Crippen LogP contribution is -2.30. The second-order valence-electron chi connectivity index (χ2n) is 6.01. The molecule has 128 valence electrons. The predicted molar refractivity (Wildman–Crippen MR) is 90.5 cm³/mol. The number of benzene rings is 2. The molecule has 3 N–H and O–H groups in total. The van der Waals surface area contributed by atoms with Gasteiger partial charge in [-0.05, 0) is 31.2 Å². The summed E-state index contributed by atoms with van der Waals surface area (Å²) in [6.45, 7) is 2.10. The third-order valence-electron chi connectivity index (χ3n) is 4.58. The van der Waals surface area contributed by atoms with Gasteiger partial charge in [-0.2, -0.15) is 0 Å². The van der Waals surface area contributed by atoms with Gasteiger partial charge in [0.1, 0.15) is 0 Å². The summed E-state index contributed by atoms with van der Waals surface area (Å²) in [5.41, 5.74) is 2.45. The van der Waals surface area contributed by atoms with Crippen LogP contribution >= 0.6 is 0 Å². The number of amides is 1. The first-order chi connectivity index (χ1) is 12.0. The molecule has 2 aromatic rings. The number of nitrogens with one attached hydrogen (secondary N) is 2. The van der Waals surface area contributed by atoms with Gasteiger partial charge in [0.05, 0.1) is 24.1 Å². The van der Waals surface area contributed by atoms with E-state index < -0.39 is 29.3 Å². The van der Waals surface area contributed by atoms with Crippen LogP contribution in [0.1, 0.15) is 18.5 Å². The van der Waals surface area contributed by atoms with Crippen molar-refractivity contribution < 1.29 is 18.7 Å². The Morgan fingerprint density at radius 1 is 1.16 bits per heavy atom. The van der Waals surface area contributed by atoms with Crippen LogP contribution in [0.2, 0.25) is 0 Å². The highest BCUT2D eigenvalue weighted by Crippen LogP contribution is 2.43. The number of rotatable bonds is 2. The van der Waals surface area contributed by atoms with Gasteiger partial charge in [0.2, 0.25) is 0 Å². The largest absolute Gasteiger partial charge is 0.503 e. The number of halogens is 2. The molecule has 5 nitrogen and oxygen atoms in total. The van der Waals surface area contributed by atoms with Gasteiger partial charge in [-0.1, -0.05) is 12.1 Å². The highest BCUT2D eigenvalue weighted by molar-refractivity contribution is 6.09. The molecule has 0 spiro atoms. The molecule has 0 aromatic heterocycles.